The molecule has 0 spiro atoms. The quantitative estimate of drug-likeness (QED) is 0.558. The summed E-state index contributed by atoms with van der Waals surface area (Å²) >= 11 is 0. The first kappa shape index (κ1) is 13.9. The number of fused-ring (bicyclic) bond motifs is 1. The van der Waals surface area contributed by atoms with Gasteiger partial charge in [0, 0.05) is 23.9 Å². The molecular weight excluding hydrogens is 264 g/mol. The number of benzene rings is 1. The van der Waals surface area contributed by atoms with Gasteiger partial charge in [-0.3, -0.25) is 16.0 Å². The van der Waals surface area contributed by atoms with Crippen molar-refractivity contribution in [3.63, 3.8) is 0 Å². The van der Waals surface area contributed by atoms with Crippen molar-refractivity contribution in [3.05, 3.63) is 53.6 Å². The highest BCUT2D eigenvalue weighted by atomic mass is 16.3. The van der Waals surface area contributed by atoms with Gasteiger partial charge in [-0.1, -0.05) is 18.2 Å². The molecule has 0 bridgehead atoms. The van der Waals surface area contributed by atoms with E-state index in [0.717, 1.165) is 35.5 Å². The molecule has 5 nitrogen and oxygen atoms in total. The lowest BCUT2D eigenvalue weighted by molar-refractivity contribution is 0.498. The van der Waals surface area contributed by atoms with Crippen molar-refractivity contribution >= 4 is 10.9 Å². The number of aromatic nitrogens is 2. The first-order chi connectivity index (χ1) is 10.2. The van der Waals surface area contributed by atoms with E-state index in [1.165, 1.54) is 5.39 Å². The Bertz CT molecular complexity index is 744. The summed E-state index contributed by atoms with van der Waals surface area (Å²) < 4.78 is 7.41. The van der Waals surface area contributed by atoms with Crippen LogP contribution >= 0.6 is 0 Å². The summed E-state index contributed by atoms with van der Waals surface area (Å²) in [5, 5.41) is 5.91. The number of aryl methyl sites for hydroxylation is 2. The predicted molar refractivity (Wildman–Crippen MR) is 82.6 cm³/mol. The van der Waals surface area contributed by atoms with E-state index in [1.807, 2.05) is 29.8 Å². The van der Waals surface area contributed by atoms with E-state index in [2.05, 4.69) is 24.5 Å². The van der Waals surface area contributed by atoms with Crippen LogP contribution in [0.1, 0.15) is 30.0 Å². The fourth-order valence-electron chi connectivity index (χ4n) is 2.80. The number of nitrogens with zero attached hydrogens (tertiary/aromatic N) is 2. The number of rotatable bonds is 5. The Hall–Kier alpha value is -2.11. The van der Waals surface area contributed by atoms with E-state index >= 15 is 0 Å². The van der Waals surface area contributed by atoms with E-state index in [0.29, 0.717) is 0 Å². The van der Waals surface area contributed by atoms with Crippen LogP contribution < -0.4 is 11.3 Å². The lowest BCUT2D eigenvalue weighted by Crippen LogP contribution is -2.30. The zero-order valence-corrected chi connectivity index (χ0v) is 12.3. The third kappa shape index (κ3) is 2.46. The fourth-order valence-corrected chi connectivity index (χ4v) is 2.80. The first-order valence-electron chi connectivity index (χ1n) is 7.19. The molecule has 21 heavy (non-hydrogen) atoms. The zero-order chi connectivity index (χ0) is 14.8. The summed E-state index contributed by atoms with van der Waals surface area (Å²) in [5.74, 6) is 6.62. The summed E-state index contributed by atoms with van der Waals surface area (Å²) in [6.45, 7) is 4.90. The number of hydrazine groups is 1. The van der Waals surface area contributed by atoms with Gasteiger partial charge in [0.15, 0.2) is 0 Å². The summed E-state index contributed by atoms with van der Waals surface area (Å²) in [7, 11) is 0. The van der Waals surface area contributed by atoms with E-state index in [9.17, 15) is 0 Å². The molecule has 0 fully saturated rings. The molecule has 1 atom stereocenters. The SMILES string of the molecule is CCn1nc(CC(NN)c2ccoc2C)c2ccccc21. The van der Waals surface area contributed by atoms with Crippen molar-refractivity contribution in [1.29, 1.82) is 0 Å². The second kappa shape index (κ2) is 5.71. The van der Waals surface area contributed by atoms with Crippen molar-refractivity contribution in [3.8, 4) is 0 Å². The van der Waals surface area contributed by atoms with Gasteiger partial charge < -0.3 is 4.42 Å². The topological polar surface area (TPSA) is 69.0 Å². The predicted octanol–water partition coefficient (Wildman–Crippen LogP) is 2.70. The molecule has 0 aliphatic carbocycles. The minimum atomic E-state index is -0.00707. The summed E-state index contributed by atoms with van der Waals surface area (Å²) in [6, 6.07) is 10.2. The van der Waals surface area contributed by atoms with Gasteiger partial charge >= 0.3 is 0 Å². The van der Waals surface area contributed by atoms with Gasteiger partial charge in [0.25, 0.3) is 0 Å². The van der Waals surface area contributed by atoms with Crippen LogP contribution in [0.5, 0.6) is 0 Å². The van der Waals surface area contributed by atoms with Crippen molar-refractivity contribution in [2.75, 3.05) is 0 Å². The maximum Gasteiger partial charge on any atom is 0.105 e. The Balaban J connectivity index is 1.99. The molecule has 1 aromatic carbocycles. The highest BCUT2D eigenvalue weighted by Gasteiger charge is 2.18. The minimum absolute atomic E-state index is 0.00707. The van der Waals surface area contributed by atoms with E-state index in [-0.39, 0.29) is 6.04 Å². The Morgan fingerprint density at radius 2 is 2.14 bits per heavy atom. The second-order valence-electron chi connectivity index (χ2n) is 5.14. The van der Waals surface area contributed by atoms with Gasteiger partial charge in [0.05, 0.1) is 23.5 Å². The van der Waals surface area contributed by atoms with Gasteiger partial charge in [-0.2, -0.15) is 5.10 Å². The third-order valence-corrected chi connectivity index (χ3v) is 3.91. The maximum absolute atomic E-state index is 5.74. The molecule has 3 N–H and O–H groups in total. The van der Waals surface area contributed by atoms with Crippen LogP contribution in [-0.4, -0.2) is 9.78 Å². The van der Waals surface area contributed by atoms with Crippen molar-refractivity contribution < 1.29 is 4.42 Å². The minimum Gasteiger partial charge on any atom is -0.469 e. The molecule has 0 aliphatic heterocycles. The Labute approximate surface area is 123 Å². The summed E-state index contributed by atoms with van der Waals surface area (Å²) in [5.41, 5.74) is 6.17. The number of hydrogen-bond donors (Lipinski definition) is 2. The Morgan fingerprint density at radius 3 is 2.81 bits per heavy atom. The highest BCUT2D eigenvalue weighted by molar-refractivity contribution is 5.82. The molecule has 2 aromatic heterocycles. The second-order valence-corrected chi connectivity index (χ2v) is 5.14. The van der Waals surface area contributed by atoms with Crippen LogP contribution in [0.3, 0.4) is 0 Å². The monoisotopic (exact) mass is 284 g/mol. The van der Waals surface area contributed by atoms with Gasteiger partial charge in [0.2, 0.25) is 0 Å². The van der Waals surface area contributed by atoms with Crippen LogP contribution in [0.2, 0.25) is 0 Å². The molecule has 0 amide bonds. The fraction of sp³-hybridized carbons (Fsp3) is 0.312. The molecule has 110 valence electrons. The molecule has 0 radical (unpaired) electrons. The number of furan rings is 1. The highest BCUT2D eigenvalue weighted by Crippen LogP contribution is 2.26. The normalized spacial score (nSPS) is 12.9. The van der Waals surface area contributed by atoms with Gasteiger partial charge in [-0.25, -0.2) is 0 Å². The molecule has 0 saturated heterocycles. The molecule has 5 heteroatoms. The Kier molecular flexibility index (Phi) is 3.77. The summed E-state index contributed by atoms with van der Waals surface area (Å²) in [6.07, 6.45) is 2.42. The van der Waals surface area contributed by atoms with E-state index < -0.39 is 0 Å². The molecule has 3 rings (SSSR count). The van der Waals surface area contributed by atoms with Crippen LogP contribution in [-0.2, 0) is 13.0 Å². The molecular formula is C16H20N4O. The largest absolute Gasteiger partial charge is 0.469 e. The van der Waals surface area contributed by atoms with Crippen molar-refractivity contribution in [2.45, 2.75) is 32.9 Å². The van der Waals surface area contributed by atoms with Crippen LogP contribution in [0.4, 0.5) is 0 Å². The smallest absolute Gasteiger partial charge is 0.105 e. The number of nitrogens with one attached hydrogen (secondary N) is 1. The van der Waals surface area contributed by atoms with E-state index in [1.54, 1.807) is 6.26 Å². The standard InChI is InChI=1S/C16H20N4O/c1-3-20-16-7-5-4-6-13(16)15(19-20)10-14(18-17)12-8-9-21-11(12)2/h4-9,14,18H,3,10,17H2,1-2H3. The number of nitrogens with two attached hydrogens (primary N) is 1. The van der Waals surface area contributed by atoms with Crippen molar-refractivity contribution in [1.82, 2.24) is 15.2 Å². The van der Waals surface area contributed by atoms with Crippen LogP contribution in [0.15, 0.2) is 41.0 Å². The number of hydrogen-bond acceptors (Lipinski definition) is 4. The average molecular weight is 284 g/mol. The molecule has 1 unspecified atom stereocenters. The van der Waals surface area contributed by atoms with Gasteiger partial charge in [-0.15, -0.1) is 0 Å². The first-order valence-corrected chi connectivity index (χ1v) is 7.19. The molecule has 0 aliphatic rings. The number of para-hydroxylation sites is 1. The lowest BCUT2D eigenvalue weighted by Gasteiger charge is -2.14. The zero-order valence-electron chi connectivity index (χ0n) is 12.3. The third-order valence-electron chi connectivity index (χ3n) is 3.91. The molecule has 3 aromatic rings. The Morgan fingerprint density at radius 1 is 1.33 bits per heavy atom. The average Bonchev–Trinajstić information content (AvgIpc) is 3.09. The molecule has 2 heterocycles. The maximum atomic E-state index is 5.74. The van der Waals surface area contributed by atoms with Gasteiger partial charge in [0.1, 0.15) is 5.76 Å². The lowest BCUT2D eigenvalue weighted by atomic mass is 10.0. The molecule has 0 saturated carbocycles. The van der Waals surface area contributed by atoms with Crippen LogP contribution in [0.25, 0.3) is 10.9 Å². The summed E-state index contributed by atoms with van der Waals surface area (Å²) in [4.78, 5) is 0. The van der Waals surface area contributed by atoms with Gasteiger partial charge in [-0.05, 0) is 26.0 Å². The van der Waals surface area contributed by atoms with Crippen molar-refractivity contribution in [2.24, 2.45) is 5.84 Å². The van der Waals surface area contributed by atoms with Crippen LogP contribution in [0, 0.1) is 6.92 Å². The van der Waals surface area contributed by atoms with E-state index in [4.69, 9.17) is 15.4 Å².